The Labute approximate surface area is 173 Å². The fourth-order valence-electron chi connectivity index (χ4n) is 3.71. The van der Waals surface area contributed by atoms with Gasteiger partial charge in [0.25, 0.3) is 0 Å². The van der Waals surface area contributed by atoms with E-state index in [-0.39, 0.29) is 5.91 Å². The van der Waals surface area contributed by atoms with Crippen LogP contribution in [0.4, 0.5) is 0 Å². The van der Waals surface area contributed by atoms with Crippen LogP contribution in [0.1, 0.15) is 54.7 Å². The Hall–Kier alpha value is -2.34. The molecular formula is C23H33N3O3. The zero-order chi connectivity index (χ0) is 20.5. The van der Waals surface area contributed by atoms with Gasteiger partial charge in [-0.3, -0.25) is 4.79 Å². The highest BCUT2D eigenvalue weighted by molar-refractivity contribution is 5.78. The molecule has 0 saturated carbocycles. The summed E-state index contributed by atoms with van der Waals surface area (Å²) in [6, 6.07) is 7.69. The molecule has 1 aliphatic heterocycles. The lowest BCUT2D eigenvalue weighted by atomic mass is 10.1. The number of carbonyl (C=O) groups is 1. The van der Waals surface area contributed by atoms with Gasteiger partial charge in [-0.2, -0.15) is 0 Å². The van der Waals surface area contributed by atoms with E-state index < -0.39 is 0 Å². The highest BCUT2D eigenvalue weighted by Gasteiger charge is 2.10. The summed E-state index contributed by atoms with van der Waals surface area (Å²) in [7, 11) is 0. The largest absolute Gasteiger partial charge is 0.489 e. The smallest absolute Gasteiger partial charge is 0.224 e. The van der Waals surface area contributed by atoms with Gasteiger partial charge in [-0.15, -0.1) is 0 Å². The molecule has 158 valence electrons. The summed E-state index contributed by atoms with van der Waals surface area (Å²) in [6.07, 6.45) is 6.75. The molecule has 0 spiro atoms. The van der Waals surface area contributed by atoms with E-state index in [1.807, 2.05) is 38.1 Å². The Kier molecular flexibility index (Phi) is 8.11. The lowest BCUT2D eigenvalue weighted by molar-refractivity contribution is -0.120. The first-order chi connectivity index (χ1) is 14.1. The Morgan fingerprint density at radius 3 is 2.52 bits per heavy atom. The third-order valence-corrected chi connectivity index (χ3v) is 5.52. The van der Waals surface area contributed by atoms with Crippen molar-refractivity contribution >= 4 is 5.91 Å². The number of amides is 1. The van der Waals surface area contributed by atoms with Crippen LogP contribution in [0.2, 0.25) is 0 Å². The van der Waals surface area contributed by atoms with Crippen molar-refractivity contribution in [3.8, 4) is 5.75 Å². The second-order valence-electron chi connectivity index (χ2n) is 7.87. The third-order valence-electron chi connectivity index (χ3n) is 5.52. The lowest BCUT2D eigenvalue weighted by Gasteiger charge is -2.19. The first-order valence-electron chi connectivity index (χ1n) is 10.7. The first-order valence-corrected chi connectivity index (χ1v) is 10.7. The van der Waals surface area contributed by atoms with E-state index in [0.717, 1.165) is 47.8 Å². The summed E-state index contributed by atoms with van der Waals surface area (Å²) in [5.41, 5.74) is 2.82. The average molecular weight is 400 g/mol. The van der Waals surface area contributed by atoms with E-state index in [1.165, 1.54) is 38.8 Å². The van der Waals surface area contributed by atoms with Gasteiger partial charge in [-0.1, -0.05) is 30.1 Å². The van der Waals surface area contributed by atoms with Crippen molar-refractivity contribution in [2.75, 3.05) is 26.2 Å². The van der Waals surface area contributed by atoms with Gasteiger partial charge >= 0.3 is 0 Å². The minimum absolute atomic E-state index is 0.0743. The molecule has 0 atom stereocenters. The molecule has 1 amide bonds. The summed E-state index contributed by atoms with van der Waals surface area (Å²) in [5.74, 6) is 1.63. The molecule has 1 N–H and O–H groups in total. The number of ether oxygens (including phenoxy) is 1. The van der Waals surface area contributed by atoms with Crippen LogP contribution < -0.4 is 10.1 Å². The number of rotatable bonds is 9. The normalized spacial score (nSPS) is 15.1. The van der Waals surface area contributed by atoms with Crippen LogP contribution in [-0.2, 0) is 17.8 Å². The predicted molar refractivity (Wildman–Crippen MR) is 113 cm³/mol. The monoisotopic (exact) mass is 399 g/mol. The highest BCUT2D eigenvalue weighted by atomic mass is 16.5. The number of aromatic nitrogens is 1. The number of carbonyl (C=O) groups excluding carboxylic acids is 1. The van der Waals surface area contributed by atoms with Crippen molar-refractivity contribution in [3.05, 3.63) is 46.8 Å². The number of likely N-dealkylation sites (tertiary alicyclic amines) is 1. The van der Waals surface area contributed by atoms with E-state index in [1.54, 1.807) is 0 Å². The number of nitrogens with zero attached hydrogens (tertiary/aromatic N) is 2. The maximum atomic E-state index is 12.2. The topological polar surface area (TPSA) is 67.6 Å². The van der Waals surface area contributed by atoms with E-state index in [2.05, 4.69) is 15.4 Å². The number of aryl methyl sites for hydroxylation is 2. The molecule has 0 radical (unpaired) electrons. The summed E-state index contributed by atoms with van der Waals surface area (Å²) >= 11 is 0. The van der Waals surface area contributed by atoms with E-state index >= 15 is 0 Å². The van der Waals surface area contributed by atoms with Crippen LogP contribution >= 0.6 is 0 Å². The standard InChI is InChI=1S/C23H33N3O3/c1-18-22(19(2)29-25-18)17-28-21-10-8-20(9-11-21)16-23(27)24-12-7-15-26-13-5-3-4-6-14-26/h8-11H,3-7,12-17H2,1-2H3,(H,24,27). The van der Waals surface area contributed by atoms with E-state index in [0.29, 0.717) is 13.0 Å². The van der Waals surface area contributed by atoms with Gasteiger partial charge in [0.1, 0.15) is 18.1 Å². The molecular weight excluding hydrogens is 366 g/mol. The van der Waals surface area contributed by atoms with E-state index in [9.17, 15) is 4.79 Å². The second kappa shape index (κ2) is 11.0. The lowest BCUT2D eigenvalue weighted by Crippen LogP contribution is -2.31. The zero-order valence-corrected chi connectivity index (χ0v) is 17.7. The van der Waals surface area contributed by atoms with Gasteiger partial charge in [-0.25, -0.2) is 0 Å². The molecule has 1 fully saturated rings. The number of benzene rings is 1. The number of hydrogen-bond donors (Lipinski definition) is 1. The SMILES string of the molecule is Cc1noc(C)c1COc1ccc(CC(=O)NCCCN2CCCCCC2)cc1. The van der Waals surface area contributed by atoms with Crippen LogP contribution in [0.25, 0.3) is 0 Å². The van der Waals surface area contributed by atoms with Gasteiger partial charge in [0, 0.05) is 6.54 Å². The van der Waals surface area contributed by atoms with Crippen molar-refractivity contribution in [2.24, 2.45) is 0 Å². The molecule has 2 aromatic rings. The van der Waals surface area contributed by atoms with Gasteiger partial charge in [-0.05, 0) is 70.4 Å². The molecule has 1 aromatic heterocycles. The van der Waals surface area contributed by atoms with E-state index in [4.69, 9.17) is 9.26 Å². The van der Waals surface area contributed by atoms with Crippen molar-refractivity contribution in [2.45, 2.75) is 59.0 Å². The predicted octanol–water partition coefficient (Wildman–Crippen LogP) is 3.80. The summed E-state index contributed by atoms with van der Waals surface area (Å²) in [4.78, 5) is 14.7. The fraction of sp³-hybridized carbons (Fsp3) is 0.565. The number of hydrogen-bond acceptors (Lipinski definition) is 5. The van der Waals surface area contributed by atoms with Gasteiger partial charge in [0.05, 0.1) is 17.7 Å². The van der Waals surface area contributed by atoms with Gasteiger partial charge < -0.3 is 19.5 Å². The molecule has 1 aliphatic rings. The minimum atomic E-state index is 0.0743. The highest BCUT2D eigenvalue weighted by Crippen LogP contribution is 2.18. The van der Waals surface area contributed by atoms with Crippen LogP contribution in [0.3, 0.4) is 0 Å². The Bertz CT molecular complexity index is 743. The molecule has 6 heteroatoms. The fourth-order valence-corrected chi connectivity index (χ4v) is 3.71. The maximum Gasteiger partial charge on any atom is 0.224 e. The van der Waals surface area contributed by atoms with Gasteiger partial charge in [0.15, 0.2) is 0 Å². The molecule has 1 aromatic carbocycles. The van der Waals surface area contributed by atoms with Crippen LogP contribution in [-0.4, -0.2) is 42.1 Å². The van der Waals surface area contributed by atoms with Crippen molar-refractivity contribution in [3.63, 3.8) is 0 Å². The second-order valence-corrected chi connectivity index (χ2v) is 7.87. The summed E-state index contributed by atoms with van der Waals surface area (Å²) < 4.78 is 11.0. The Balaban J connectivity index is 1.35. The maximum absolute atomic E-state index is 12.2. The average Bonchev–Trinajstić information content (AvgIpc) is 2.90. The molecule has 1 saturated heterocycles. The van der Waals surface area contributed by atoms with Crippen molar-refractivity contribution in [1.82, 2.24) is 15.4 Å². The molecule has 2 heterocycles. The zero-order valence-electron chi connectivity index (χ0n) is 17.7. The Morgan fingerprint density at radius 2 is 1.86 bits per heavy atom. The summed E-state index contributed by atoms with van der Waals surface area (Å²) in [6.45, 7) is 8.46. The summed E-state index contributed by atoms with van der Waals surface area (Å²) in [5, 5.41) is 6.98. The van der Waals surface area contributed by atoms with Crippen LogP contribution in [0.5, 0.6) is 5.75 Å². The third kappa shape index (κ3) is 6.89. The molecule has 29 heavy (non-hydrogen) atoms. The molecule has 0 bridgehead atoms. The quantitative estimate of drug-likeness (QED) is 0.650. The molecule has 0 aliphatic carbocycles. The van der Waals surface area contributed by atoms with Crippen LogP contribution in [0, 0.1) is 13.8 Å². The first kappa shape index (κ1) is 21.4. The number of nitrogens with one attached hydrogen (secondary N) is 1. The van der Waals surface area contributed by atoms with Gasteiger partial charge in [0.2, 0.25) is 5.91 Å². The molecule has 6 nitrogen and oxygen atoms in total. The Morgan fingerprint density at radius 1 is 1.14 bits per heavy atom. The van der Waals surface area contributed by atoms with Crippen LogP contribution in [0.15, 0.2) is 28.8 Å². The van der Waals surface area contributed by atoms with Crippen molar-refractivity contribution < 1.29 is 14.1 Å². The van der Waals surface area contributed by atoms with Crippen molar-refractivity contribution in [1.29, 1.82) is 0 Å². The minimum Gasteiger partial charge on any atom is -0.489 e. The molecule has 0 unspecified atom stereocenters. The molecule has 3 rings (SSSR count).